The largest absolute Gasteiger partial charge is 0.368 e. The molecule has 1 amide bonds. The van der Waals surface area contributed by atoms with E-state index in [0.717, 1.165) is 34.9 Å². The summed E-state index contributed by atoms with van der Waals surface area (Å²) in [6.07, 6.45) is 3.32. The van der Waals surface area contributed by atoms with E-state index in [9.17, 15) is 4.79 Å². The van der Waals surface area contributed by atoms with Crippen LogP contribution in [0.4, 0.5) is 0 Å². The van der Waals surface area contributed by atoms with E-state index in [1.165, 1.54) is 0 Å². The summed E-state index contributed by atoms with van der Waals surface area (Å²) in [5, 5.41) is 5.33. The number of amides is 1. The van der Waals surface area contributed by atoms with Crippen molar-refractivity contribution < 1.29 is 9.53 Å². The predicted octanol–water partition coefficient (Wildman–Crippen LogP) is 4.90. The number of benzene rings is 2. The van der Waals surface area contributed by atoms with E-state index >= 15 is 0 Å². The predicted molar refractivity (Wildman–Crippen MR) is 109 cm³/mol. The number of para-hydroxylation sites is 1. The molecule has 4 rings (SSSR count). The second kappa shape index (κ2) is 7.93. The van der Waals surface area contributed by atoms with Crippen molar-refractivity contribution in [1.29, 1.82) is 0 Å². The maximum Gasteiger partial charge on any atom is 0.249 e. The van der Waals surface area contributed by atoms with Gasteiger partial charge in [0.25, 0.3) is 0 Å². The summed E-state index contributed by atoms with van der Waals surface area (Å²) in [6.45, 7) is 1.08. The Labute approximate surface area is 167 Å². The number of nitrogens with one attached hydrogen (secondary N) is 2. The van der Waals surface area contributed by atoms with E-state index in [0.29, 0.717) is 23.2 Å². The lowest BCUT2D eigenvalue weighted by molar-refractivity contribution is -0.130. The fraction of sp³-hybridized carbons (Fsp3) is 0.286. The molecule has 2 N–H and O–H groups in total. The van der Waals surface area contributed by atoms with Gasteiger partial charge in [0.15, 0.2) is 0 Å². The summed E-state index contributed by atoms with van der Waals surface area (Å²) in [7, 11) is 0. The van der Waals surface area contributed by atoms with Crippen LogP contribution in [0, 0.1) is 0 Å². The first kappa shape index (κ1) is 18.4. The molecular formula is C21H20Cl2N2O2. The van der Waals surface area contributed by atoms with Crippen molar-refractivity contribution in [3.05, 3.63) is 69.8 Å². The number of fused-ring (bicyclic) bond motifs is 1. The number of carbonyl (C=O) groups is 1. The zero-order valence-electron chi connectivity index (χ0n) is 14.7. The molecule has 2 heterocycles. The van der Waals surface area contributed by atoms with Crippen LogP contribution in [0.15, 0.2) is 48.7 Å². The van der Waals surface area contributed by atoms with E-state index in [1.54, 1.807) is 6.07 Å². The van der Waals surface area contributed by atoms with Crippen LogP contribution in [-0.4, -0.2) is 30.1 Å². The van der Waals surface area contributed by atoms with Crippen molar-refractivity contribution in [2.24, 2.45) is 0 Å². The minimum Gasteiger partial charge on any atom is -0.368 e. The second-order valence-corrected chi connectivity index (χ2v) is 7.60. The Balaban J connectivity index is 1.67. The maximum absolute atomic E-state index is 12.5. The van der Waals surface area contributed by atoms with E-state index in [2.05, 4.69) is 16.4 Å². The average Bonchev–Trinajstić information content (AvgIpc) is 3.33. The summed E-state index contributed by atoms with van der Waals surface area (Å²) in [6, 6.07) is 13.6. The molecule has 0 radical (unpaired) electrons. The minimum absolute atomic E-state index is 0.0672. The number of ether oxygens (including phenoxy) is 1. The highest BCUT2D eigenvalue weighted by molar-refractivity contribution is 6.35. The number of rotatable bonds is 5. The van der Waals surface area contributed by atoms with Gasteiger partial charge in [-0.2, -0.15) is 0 Å². The monoisotopic (exact) mass is 402 g/mol. The van der Waals surface area contributed by atoms with E-state index in [4.69, 9.17) is 27.9 Å². The molecule has 2 aromatic carbocycles. The number of halogens is 2. The lowest BCUT2D eigenvalue weighted by atomic mass is 9.90. The Kier molecular flexibility index (Phi) is 5.39. The third-order valence-corrected chi connectivity index (χ3v) is 5.60. The number of carbonyl (C=O) groups excluding carboxylic acids is 1. The summed E-state index contributed by atoms with van der Waals surface area (Å²) in [5.41, 5.74) is 3.06. The number of aromatic nitrogens is 1. The van der Waals surface area contributed by atoms with Gasteiger partial charge in [-0.15, -0.1) is 0 Å². The van der Waals surface area contributed by atoms with E-state index < -0.39 is 0 Å². The number of aromatic amines is 1. The third-order valence-electron chi connectivity index (χ3n) is 5.04. The number of H-pyrrole nitrogens is 1. The molecule has 1 aliphatic heterocycles. The van der Waals surface area contributed by atoms with Crippen LogP contribution in [-0.2, 0) is 9.53 Å². The van der Waals surface area contributed by atoms with E-state index in [1.807, 2.05) is 36.5 Å². The topological polar surface area (TPSA) is 54.1 Å². The van der Waals surface area contributed by atoms with Crippen LogP contribution in [0.2, 0.25) is 10.0 Å². The molecule has 4 nitrogen and oxygen atoms in total. The van der Waals surface area contributed by atoms with Gasteiger partial charge < -0.3 is 15.0 Å². The number of hydrogen-bond donors (Lipinski definition) is 2. The highest BCUT2D eigenvalue weighted by Gasteiger charge is 2.26. The molecule has 0 saturated carbocycles. The van der Waals surface area contributed by atoms with Crippen LogP contribution in [0.25, 0.3) is 10.9 Å². The normalized spacial score (nSPS) is 17.9. The zero-order chi connectivity index (χ0) is 18.8. The quantitative estimate of drug-likeness (QED) is 0.637. The van der Waals surface area contributed by atoms with Gasteiger partial charge in [0, 0.05) is 46.2 Å². The highest BCUT2D eigenvalue weighted by atomic mass is 35.5. The Hall–Kier alpha value is -2.01. The van der Waals surface area contributed by atoms with Crippen molar-refractivity contribution >= 4 is 40.0 Å². The van der Waals surface area contributed by atoms with Gasteiger partial charge in [0.1, 0.15) is 6.10 Å². The first-order valence-electron chi connectivity index (χ1n) is 9.04. The number of hydrogen-bond acceptors (Lipinski definition) is 2. The Morgan fingerprint density at radius 1 is 1.22 bits per heavy atom. The van der Waals surface area contributed by atoms with Gasteiger partial charge in [0.05, 0.1) is 0 Å². The molecule has 3 aromatic rings. The van der Waals surface area contributed by atoms with Crippen molar-refractivity contribution in [1.82, 2.24) is 10.3 Å². The Bertz CT molecular complexity index is 964. The Morgan fingerprint density at radius 2 is 2.07 bits per heavy atom. The Morgan fingerprint density at radius 3 is 2.85 bits per heavy atom. The molecule has 1 aliphatic rings. The maximum atomic E-state index is 12.5. The lowest BCUT2D eigenvalue weighted by Gasteiger charge is -2.20. The third kappa shape index (κ3) is 3.84. The van der Waals surface area contributed by atoms with Crippen molar-refractivity contribution in [2.75, 3.05) is 13.2 Å². The molecule has 1 aromatic heterocycles. The fourth-order valence-corrected chi connectivity index (χ4v) is 4.19. The zero-order valence-corrected chi connectivity index (χ0v) is 16.2. The van der Waals surface area contributed by atoms with Gasteiger partial charge in [0.2, 0.25) is 5.91 Å². The smallest absolute Gasteiger partial charge is 0.249 e. The van der Waals surface area contributed by atoms with Crippen molar-refractivity contribution in [3.8, 4) is 0 Å². The van der Waals surface area contributed by atoms with Crippen LogP contribution < -0.4 is 5.32 Å². The van der Waals surface area contributed by atoms with E-state index in [-0.39, 0.29) is 17.9 Å². The highest BCUT2D eigenvalue weighted by Crippen LogP contribution is 2.35. The van der Waals surface area contributed by atoms with Gasteiger partial charge >= 0.3 is 0 Å². The van der Waals surface area contributed by atoms with Gasteiger partial charge in [-0.05, 0) is 42.2 Å². The summed E-state index contributed by atoms with van der Waals surface area (Å²) in [5.74, 6) is -0.168. The molecule has 2 atom stereocenters. The average molecular weight is 403 g/mol. The summed E-state index contributed by atoms with van der Waals surface area (Å²) in [4.78, 5) is 15.8. The van der Waals surface area contributed by atoms with Gasteiger partial charge in [-0.25, -0.2) is 0 Å². The SMILES string of the molecule is O=C(NCC(c1ccc(Cl)cc1Cl)c1c[nH]c2ccccc12)C1CCCO1. The van der Waals surface area contributed by atoms with Crippen molar-refractivity contribution in [3.63, 3.8) is 0 Å². The lowest BCUT2D eigenvalue weighted by Crippen LogP contribution is -2.36. The fourth-order valence-electron chi connectivity index (χ4n) is 3.65. The molecule has 6 heteroatoms. The molecule has 140 valence electrons. The minimum atomic E-state index is -0.352. The first-order valence-corrected chi connectivity index (χ1v) is 9.79. The summed E-state index contributed by atoms with van der Waals surface area (Å²) >= 11 is 12.6. The standard InChI is InChI=1S/C21H20Cl2N2O2/c22-13-7-8-14(18(23)10-13)16(12-25-21(26)20-6-3-9-27-20)17-11-24-19-5-2-1-4-15(17)19/h1-2,4-5,7-8,10-11,16,20,24H,3,6,9,12H2,(H,25,26). The van der Waals surface area contributed by atoms with Crippen LogP contribution in [0.1, 0.15) is 29.9 Å². The molecule has 2 unspecified atom stereocenters. The molecule has 27 heavy (non-hydrogen) atoms. The molecule has 0 aliphatic carbocycles. The molecular weight excluding hydrogens is 383 g/mol. The van der Waals surface area contributed by atoms with Gasteiger partial charge in [-0.3, -0.25) is 4.79 Å². The van der Waals surface area contributed by atoms with Crippen LogP contribution in [0.5, 0.6) is 0 Å². The van der Waals surface area contributed by atoms with Crippen molar-refractivity contribution in [2.45, 2.75) is 24.9 Å². The molecule has 0 spiro atoms. The van der Waals surface area contributed by atoms with Gasteiger partial charge in [-0.1, -0.05) is 47.5 Å². The first-order chi connectivity index (χ1) is 13.1. The molecule has 1 saturated heterocycles. The molecule has 0 bridgehead atoms. The van der Waals surface area contributed by atoms with Crippen LogP contribution >= 0.6 is 23.2 Å². The summed E-state index contributed by atoms with van der Waals surface area (Å²) < 4.78 is 5.49. The van der Waals surface area contributed by atoms with Crippen LogP contribution in [0.3, 0.4) is 0 Å². The second-order valence-electron chi connectivity index (χ2n) is 6.75. The molecule has 1 fully saturated rings.